The highest BCUT2D eigenvalue weighted by atomic mass is 16.5. The van der Waals surface area contributed by atoms with Crippen LogP contribution in [-0.4, -0.2) is 35.7 Å². The molecule has 1 atom stereocenters. The van der Waals surface area contributed by atoms with E-state index < -0.39 is 17.6 Å². The average Bonchev–Trinajstić information content (AvgIpc) is 2.36. The quantitative estimate of drug-likeness (QED) is 0.868. The zero-order valence-corrected chi connectivity index (χ0v) is 12.9. The summed E-state index contributed by atoms with van der Waals surface area (Å²) in [5, 5.41) is 11.9. The van der Waals surface area contributed by atoms with Gasteiger partial charge in [0.2, 0.25) is 0 Å². The molecule has 1 unspecified atom stereocenters. The number of carboxylic acids is 1. The van der Waals surface area contributed by atoms with Crippen LogP contribution in [0.15, 0.2) is 18.2 Å². The second kappa shape index (κ2) is 6.47. The standard InChI is InChI=1S/C15H21NO5/c1-9(13(17)16-15(2,3)4)21-12-8-10(20-5)6-7-11(12)14(18)19/h6-9H,1-5H3,(H,16,17)(H,18,19). The molecule has 0 bridgehead atoms. The Balaban J connectivity index is 2.95. The Hall–Kier alpha value is -2.24. The maximum atomic E-state index is 12.0. The fourth-order valence-electron chi connectivity index (χ4n) is 1.62. The topological polar surface area (TPSA) is 84.9 Å². The van der Waals surface area contributed by atoms with E-state index in [-0.39, 0.29) is 17.2 Å². The van der Waals surface area contributed by atoms with Crippen LogP contribution in [0.3, 0.4) is 0 Å². The molecule has 0 fully saturated rings. The predicted octanol–water partition coefficient (Wildman–Crippen LogP) is 2.08. The van der Waals surface area contributed by atoms with Gasteiger partial charge in [-0.15, -0.1) is 0 Å². The van der Waals surface area contributed by atoms with Crippen LogP contribution in [0, 0.1) is 0 Å². The summed E-state index contributed by atoms with van der Waals surface area (Å²) < 4.78 is 10.5. The van der Waals surface area contributed by atoms with Crippen molar-refractivity contribution in [1.82, 2.24) is 5.32 Å². The van der Waals surface area contributed by atoms with Gasteiger partial charge in [-0.2, -0.15) is 0 Å². The molecular formula is C15H21NO5. The van der Waals surface area contributed by atoms with Crippen molar-refractivity contribution < 1.29 is 24.2 Å². The van der Waals surface area contributed by atoms with Crippen LogP contribution < -0.4 is 14.8 Å². The van der Waals surface area contributed by atoms with Crippen LogP contribution >= 0.6 is 0 Å². The Morgan fingerprint density at radius 2 is 1.90 bits per heavy atom. The molecule has 21 heavy (non-hydrogen) atoms. The van der Waals surface area contributed by atoms with Crippen molar-refractivity contribution in [3.05, 3.63) is 23.8 Å². The zero-order chi connectivity index (χ0) is 16.2. The molecule has 0 saturated carbocycles. The maximum absolute atomic E-state index is 12.0. The second-order valence-corrected chi connectivity index (χ2v) is 5.67. The molecule has 1 aromatic carbocycles. The van der Waals surface area contributed by atoms with Gasteiger partial charge in [0.05, 0.1) is 7.11 Å². The van der Waals surface area contributed by atoms with Gasteiger partial charge in [-0.05, 0) is 39.8 Å². The summed E-state index contributed by atoms with van der Waals surface area (Å²) in [6.45, 7) is 7.12. The number of nitrogens with one attached hydrogen (secondary N) is 1. The SMILES string of the molecule is COc1ccc(C(=O)O)c(OC(C)C(=O)NC(C)(C)C)c1. The molecule has 6 nitrogen and oxygen atoms in total. The fourth-order valence-corrected chi connectivity index (χ4v) is 1.62. The summed E-state index contributed by atoms with van der Waals surface area (Å²) in [6, 6.07) is 4.35. The molecule has 1 aromatic rings. The predicted molar refractivity (Wildman–Crippen MR) is 77.9 cm³/mol. The molecular weight excluding hydrogens is 274 g/mol. The molecule has 116 valence electrons. The number of carboxylic acid groups (broad SMARTS) is 1. The first kappa shape index (κ1) is 16.8. The molecule has 1 rings (SSSR count). The Labute approximate surface area is 124 Å². The number of hydrogen-bond acceptors (Lipinski definition) is 4. The van der Waals surface area contributed by atoms with Crippen LogP contribution in [-0.2, 0) is 4.79 Å². The highest BCUT2D eigenvalue weighted by molar-refractivity contribution is 5.91. The molecule has 0 aliphatic heterocycles. The van der Waals surface area contributed by atoms with Crippen LogP contribution in [0.1, 0.15) is 38.1 Å². The summed E-state index contributed by atoms with van der Waals surface area (Å²) in [6.07, 6.45) is -0.825. The molecule has 0 aromatic heterocycles. The smallest absolute Gasteiger partial charge is 0.339 e. The monoisotopic (exact) mass is 295 g/mol. The second-order valence-electron chi connectivity index (χ2n) is 5.67. The Bertz CT molecular complexity index is 533. The van der Waals surface area contributed by atoms with Gasteiger partial charge < -0.3 is 19.9 Å². The van der Waals surface area contributed by atoms with Crippen molar-refractivity contribution in [3.63, 3.8) is 0 Å². The van der Waals surface area contributed by atoms with Crippen molar-refractivity contribution in [2.75, 3.05) is 7.11 Å². The molecule has 0 aliphatic carbocycles. The van der Waals surface area contributed by atoms with E-state index in [0.29, 0.717) is 5.75 Å². The minimum Gasteiger partial charge on any atom is -0.497 e. The van der Waals surface area contributed by atoms with E-state index in [1.54, 1.807) is 6.92 Å². The van der Waals surface area contributed by atoms with E-state index in [1.165, 1.54) is 25.3 Å². The average molecular weight is 295 g/mol. The molecule has 0 heterocycles. The number of carbonyl (C=O) groups excluding carboxylic acids is 1. The van der Waals surface area contributed by atoms with Crippen LogP contribution in [0.5, 0.6) is 11.5 Å². The highest BCUT2D eigenvalue weighted by Crippen LogP contribution is 2.26. The van der Waals surface area contributed by atoms with Crippen molar-refractivity contribution in [1.29, 1.82) is 0 Å². The van der Waals surface area contributed by atoms with Gasteiger partial charge in [0, 0.05) is 11.6 Å². The number of hydrogen-bond donors (Lipinski definition) is 2. The number of methoxy groups -OCH3 is 1. The lowest BCUT2D eigenvalue weighted by Gasteiger charge is -2.24. The first-order valence-corrected chi connectivity index (χ1v) is 6.54. The maximum Gasteiger partial charge on any atom is 0.339 e. The van der Waals surface area contributed by atoms with Gasteiger partial charge >= 0.3 is 5.97 Å². The molecule has 2 N–H and O–H groups in total. The van der Waals surface area contributed by atoms with Crippen molar-refractivity contribution in [2.24, 2.45) is 0 Å². The largest absolute Gasteiger partial charge is 0.497 e. The first-order valence-electron chi connectivity index (χ1n) is 6.54. The first-order chi connectivity index (χ1) is 9.64. The molecule has 6 heteroatoms. The van der Waals surface area contributed by atoms with Gasteiger partial charge in [-0.1, -0.05) is 0 Å². The normalized spacial score (nSPS) is 12.4. The van der Waals surface area contributed by atoms with Crippen molar-refractivity contribution in [3.8, 4) is 11.5 Å². The third-order valence-corrected chi connectivity index (χ3v) is 2.59. The van der Waals surface area contributed by atoms with E-state index in [9.17, 15) is 9.59 Å². The molecule has 0 aliphatic rings. The number of benzene rings is 1. The van der Waals surface area contributed by atoms with E-state index in [2.05, 4.69) is 5.32 Å². The van der Waals surface area contributed by atoms with Gasteiger partial charge in [-0.3, -0.25) is 4.79 Å². The van der Waals surface area contributed by atoms with Crippen molar-refractivity contribution in [2.45, 2.75) is 39.3 Å². The minimum absolute atomic E-state index is 0.0220. The molecule has 0 radical (unpaired) electrons. The lowest BCUT2D eigenvalue weighted by atomic mass is 10.1. The summed E-state index contributed by atoms with van der Waals surface area (Å²) in [5.41, 5.74) is -0.412. The number of rotatable bonds is 5. The Morgan fingerprint density at radius 1 is 1.29 bits per heavy atom. The van der Waals surface area contributed by atoms with Gasteiger partial charge in [-0.25, -0.2) is 4.79 Å². The molecule has 0 spiro atoms. The van der Waals surface area contributed by atoms with Gasteiger partial charge in [0.15, 0.2) is 6.10 Å². The fraction of sp³-hybridized carbons (Fsp3) is 0.467. The summed E-state index contributed by atoms with van der Waals surface area (Å²) in [5.74, 6) is -0.894. The van der Waals surface area contributed by atoms with E-state index >= 15 is 0 Å². The summed E-state index contributed by atoms with van der Waals surface area (Å²) in [7, 11) is 1.47. The summed E-state index contributed by atoms with van der Waals surface area (Å²) in [4.78, 5) is 23.2. The van der Waals surface area contributed by atoms with Crippen LogP contribution in [0.4, 0.5) is 0 Å². The van der Waals surface area contributed by atoms with E-state index in [1.807, 2.05) is 20.8 Å². The third kappa shape index (κ3) is 4.98. The Morgan fingerprint density at radius 3 is 2.38 bits per heavy atom. The number of amides is 1. The number of ether oxygens (including phenoxy) is 2. The van der Waals surface area contributed by atoms with Crippen LogP contribution in [0.2, 0.25) is 0 Å². The number of carbonyl (C=O) groups is 2. The lowest BCUT2D eigenvalue weighted by molar-refractivity contribution is -0.128. The van der Waals surface area contributed by atoms with Gasteiger partial charge in [0.25, 0.3) is 5.91 Å². The zero-order valence-electron chi connectivity index (χ0n) is 12.9. The molecule has 0 saturated heterocycles. The van der Waals surface area contributed by atoms with E-state index in [0.717, 1.165) is 0 Å². The summed E-state index contributed by atoms with van der Waals surface area (Å²) >= 11 is 0. The lowest BCUT2D eigenvalue weighted by Crippen LogP contribution is -2.46. The van der Waals surface area contributed by atoms with Gasteiger partial charge in [0.1, 0.15) is 17.1 Å². The highest BCUT2D eigenvalue weighted by Gasteiger charge is 2.22. The van der Waals surface area contributed by atoms with Crippen molar-refractivity contribution >= 4 is 11.9 Å². The van der Waals surface area contributed by atoms with E-state index in [4.69, 9.17) is 14.6 Å². The Kier molecular flexibility index (Phi) is 5.18. The van der Waals surface area contributed by atoms with Crippen LogP contribution in [0.25, 0.3) is 0 Å². The third-order valence-electron chi connectivity index (χ3n) is 2.59. The minimum atomic E-state index is -1.13. The molecule has 1 amide bonds. The number of aromatic carboxylic acids is 1.